The first-order valence-corrected chi connectivity index (χ1v) is 7.45. The largest absolute Gasteiger partial charge is 3.00 e. The molecule has 4 N–H and O–H groups in total. The van der Waals surface area contributed by atoms with E-state index in [1.165, 1.54) is 0 Å². The minimum absolute atomic E-state index is 0. The van der Waals surface area contributed by atoms with Gasteiger partial charge in [-0.3, -0.25) is 0 Å². The van der Waals surface area contributed by atoms with Crippen LogP contribution in [0.15, 0.2) is 0 Å². The molecule has 0 radical (unpaired) electrons. The molecule has 22 heteroatoms. The maximum Gasteiger partial charge on any atom is 3.00 e. The predicted molar refractivity (Wildman–Crippen MR) is 13.0 cm³/mol. The molecule has 0 unspecified atom stereocenters. The first-order valence-electron chi connectivity index (χ1n) is 2.48. The molecule has 136 valence electrons. The fourth-order valence-corrected chi connectivity index (χ4v) is 0. The van der Waals surface area contributed by atoms with Crippen LogP contribution in [0.25, 0.3) is 0 Å². The monoisotopic (exact) mass is 441 g/mol. The fraction of sp³-hybridized carbons (Fsp3) is 0. The molecule has 0 aliphatic rings. The van der Waals surface area contributed by atoms with Crippen LogP contribution in [0.1, 0.15) is 0 Å². The molecule has 0 amide bonds. The molecular weight excluding hydrogens is 439 g/mol. The summed E-state index contributed by atoms with van der Waals surface area (Å²) in [6.45, 7) is 0. The Morgan fingerprint density at radius 3 is 0.409 bits per heavy atom. The van der Waals surface area contributed by atoms with Crippen LogP contribution < -0.4 is 76.0 Å². The van der Waals surface area contributed by atoms with Crippen molar-refractivity contribution in [3.63, 3.8) is 0 Å². The standard InChI is InChI=1S/Al.4ClHO4.H3N/c;4*2-1(3,4)5;/h;4*(H,2,3,4,5);1H3/q+3;;;;;/p-3. The van der Waals surface area contributed by atoms with Gasteiger partial charge in [0.2, 0.25) is 0 Å². The van der Waals surface area contributed by atoms with E-state index in [1.54, 1.807) is 0 Å². The van der Waals surface area contributed by atoms with E-state index in [2.05, 4.69) is 0 Å². The molecule has 0 aliphatic heterocycles. The van der Waals surface area contributed by atoms with Crippen molar-refractivity contribution < 1.29 is 116 Å². The number of hydrogen-bond donors (Lipinski definition) is 2. The minimum atomic E-state index is -4.94. The van der Waals surface area contributed by atoms with Crippen LogP contribution in [0.5, 0.6) is 0 Å². The molecule has 22 heavy (non-hydrogen) atoms. The zero-order valence-electron chi connectivity index (χ0n) is 9.37. The summed E-state index contributed by atoms with van der Waals surface area (Å²) in [4.78, 5) is 0. The zero-order chi connectivity index (χ0) is 18.0. The zero-order valence-corrected chi connectivity index (χ0v) is 13.5. The Morgan fingerprint density at radius 2 is 0.409 bits per heavy atom. The summed E-state index contributed by atoms with van der Waals surface area (Å²) < 4.78 is 135. The van der Waals surface area contributed by atoms with Crippen LogP contribution in [0.4, 0.5) is 0 Å². The second-order valence-corrected chi connectivity index (χ2v) is 4.59. The second-order valence-electron chi connectivity index (χ2n) is 1.53. The van der Waals surface area contributed by atoms with E-state index in [0.717, 1.165) is 0 Å². The second kappa shape index (κ2) is 15.5. The third-order valence-corrected chi connectivity index (χ3v) is 0. The van der Waals surface area contributed by atoms with Crippen molar-refractivity contribution in [2.75, 3.05) is 0 Å². The van der Waals surface area contributed by atoms with Crippen LogP contribution in [0.2, 0.25) is 0 Å². The third-order valence-electron chi connectivity index (χ3n) is 0. The van der Waals surface area contributed by atoms with Gasteiger partial charge in [0.25, 0.3) is 0 Å². The summed E-state index contributed by atoms with van der Waals surface area (Å²) in [7, 11) is -19.5. The van der Waals surface area contributed by atoms with Crippen molar-refractivity contribution in [2.24, 2.45) is 0 Å². The molecule has 0 saturated heterocycles. The van der Waals surface area contributed by atoms with Gasteiger partial charge < -0.3 is 6.15 Å². The molecule has 0 atom stereocenters. The van der Waals surface area contributed by atoms with Gasteiger partial charge in [-0.2, -0.15) is 14.0 Å². The minimum Gasteiger partial charge on any atom is -0.344 e. The van der Waals surface area contributed by atoms with Crippen molar-refractivity contribution in [3.05, 3.63) is 0 Å². The smallest absolute Gasteiger partial charge is 0.344 e. The Kier molecular flexibility index (Phi) is 27.2. The summed E-state index contributed by atoms with van der Waals surface area (Å²) >= 11 is 0. The summed E-state index contributed by atoms with van der Waals surface area (Å²) in [5, 5.41) is 0. The van der Waals surface area contributed by atoms with Crippen LogP contribution in [-0.2, 0) is 0 Å². The van der Waals surface area contributed by atoms with Crippen molar-refractivity contribution in [3.8, 4) is 0 Å². The van der Waals surface area contributed by atoms with Crippen LogP contribution in [-0.4, -0.2) is 22.0 Å². The van der Waals surface area contributed by atoms with Crippen molar-refractivity contribution in [1.29, 1.82) is 0 Å². The molecule has 0 fully saturated rings. The maximum atomic E-state index is 8.60. The van der Waals surface area contributed by atoms with E-state index < -0.39 is 41.0 Å². The van der Waals surface area contributed by atoms with Gasteiger partial charge in [0.1, 0.15) is 0 Å². The number of hydrogen-bond acceptors (Lipinski definition) is 17. The van der Waals surface area contributed by atoms with E-state index in [4.69, 9.17) is 74.5 Å². The van der Waals surface area contributed by atoms with Gasteiger partial charge in [-0.05, 0) is 0 Å². The van der Waals surface area contributed by atoms with Crippen molar-refractivity contribution >= 4 is 17.4 Å². The van der Waals surface area contributed by atoms with Crippen molar-refractivity contribution in [1.82, 2.24) is 6.15 Å². The van der Waals surface area contributed by atoms with Gasteiger partial charge in [-0.15, -0.1) is 30.7 Å². The van der Waals surface area contributed by atoms with Crippen LogP contribution in [0, 0.1) is 41.0 Å². The molecule has 0 aromatic heterocycles. The van der Waals surface area contributed by atoms with Gasteiger partial charge in [0, 0.05) is 0 Å². The Labute approximate surface area is 139 Å². The topological polar surface area (TPSA) is 401 Å². The molecule has 0 aromatic carbocycles. The SMILES string of the molecule is N.[Al+3].[O-][Cl+3]([O-])([O-])O.[O-][Cl+3]([O-])([O-])[O-].[O-][Cl+3]([O-])([O-])[O-].[O-][Cl+3]([O-])([O-])[O-]. The van der Waals surface area contributed by atoms with Crippen molar-refractivity contribution in [2.45, 2.75) is 0 Å². The summed E-state index contributed by atoms with van der Waals surface area (Å²) in [6.07, 6.45) is 0. The Bertz CT molecular complexity index is 136. The average molecular weight is 443 g/mol. The molecular formula is H4AlCl4NO16. The summed E-state index contributed by atoms with van der Waals surface area (Å²) in [6, 6.07) is 0. The molecule has 0 aliphatic carbocycles. The molecule has 0 bridgehead atoms. The Balaban J connectivity index is -0.0000000376. The summed E-state index contributed by atoms with van der Waals surface area (Å²) in [5.74, 6) is 0. The van der Waals surface area contributed by atoms with Gasteiger partial charge in [-0.25, -0.2) is 55.9 Å². The van der Waals surface area contributed by atoms with E-state index in [9.17, 15) is 0 Å². The summed E-state index contributed by atoms with van der Waals surface area (Å²) in [5.41, 5.74) is 0. The van der Waals surface area contributed by atoms with E-state index >= 15 is 0 Å². The maximum absolute atomic E-state index is 8.60. The average Bonchev–Trinajstić information content (AvgIpc) is 1.62. The molecule has 0 rings (SSSR count). The van der Waals surface area contributed by atoms with Crippen LogP contribution in [0.3, 0.4) is 0 Å². The Morgan fingerprint density at radius 1 is 0.409 bits per heavy atom. The fourth-order valence-electron chi connectivity index (χ4n) is 0. The first-order chi connectivity index (χ1) is 8.00. The van der Waals surface area contributed by atoms with E-state index in [-0.39, 0.29) is 23.5 Å². The molecule has 0 spiro atoms. The molecule has 0 saturated carbocycles. The third kappa shape index (κ3) is 8210. The van der Waals surface area contributed by atoms with Crippen LogP contribution >= 0.6 is 0 Å². The first kappa shape index (κ1) is 38.5. The Hall–Kier alpha value is 1.01. The van der Waals surface area contributed by atoms with Gasteiger partial charge in [0.15, 0.2) is 0 Å². The number of rotatable bonds is 0. The molecule has 17 nitrogen and oxygen atoms in total. The molecule has 0 aromatic rings. The van der Waals surface area contributed by atoms with E-state index in [0.29, 0.717) is 0 Å². The normalized spacial score (nSPS) is 10.9. The van der Waals surface area contributed by atoms with Gasteiger partial charge in [-0.1, -0.05) is 0 Å². The van der Waals surface area contributed by atoms with E-state index in [1.807, 2.05) is 0 Å². The molecule has 0 heterocycles. The van der Waals surface area contributed by atoms with Gasteiger partial charge >= 0.3 is 17.4 Å². The predicted octanol–water partition coefficient (Wildman–Crippen LogP) is -18.6. The number of halogens is 4. The van der Waals surface area contributed by atoms with Gasteiger partial charge in [0.05, 0.1) is 14.9 Å². The quantitative estimate of drug-likeness (QED) is 0.328.